The third kappa shape index (κ3) is 33.9. The summed E-state index contributed by atoms with van der Waals surface area (Å²) < 4.78 is 49.5. The number of hydrogen-bond acceptors (Lipinski definition) is 10. The highest BCUT2D eigenvalue weighted by Gasteiger charge is 2.51. The average molecular weight is 980 g/mol. The highest BCUT2D eigenvalue weighted by molar-refractivity contribution is 7.46. The number of halogens is 1. The zero-order chi connectivity index (χ0) is 49.5. The van der Waals surface area contributed by atoms with Crippen molar-refractivity contribution < 1.29 is 66.9 Å². The summed E-state index contributed by atoms with van der Waals surface area (Å²) in [5.41, 5.74) is 0. The van der Waals surface area contributed by atoms with Gasteiger partial charge in [0.05, 0.1) is 31.1 Å². The van der Waals surface area contributed by atoms with Crippen molar-refractivity contribution in [2.75, 3.05) is 6.67 Å². The Labute approximate surface area is 404 Å². The van der Waals surface area contributed by atoms with Crippen molar-refractivity contribution in [3.63, 3.8) is 0 Å². The molecule has 0 aliphatic carbocycles. The van der Waals surface area contributed by atoms with E-state index in [-0.39, 0.29) is 19.3 Å². The molecule has 67 heavy (non-hydrogen) atoms. The van der Waals surface area contributed by atoms with Gasteiger partial charge in [-0.3, -0.25) is 23.7 Å². The minimum Gasteiger partial charge on any atom is -0.481 e. The predicted octanol–water partition coefficient (Wildman–Crippen LogP) is 12.1. The van der Waals surface area contributed by atoms with E-state index in [0.717, 1.165) is 70.6 Å². The van der Waals surface area contributed by atoms with E-state index in [2.05, 4.69) is 26.1 Å². The largest absolute Gasteiger partial charge is 0.481 e. The maximum atomic E-state index is 14.6. The summed E-state index contributed by atoms with van der Waals surface area (Å²) in [4.78, 5) is 72.1. The van der Waals surface area contributed by atoms with E-state index in [1.807, 2.05) is 0 Å². The molecule has 1 fully saturated rings. The van der Waals surface area contributed by atoms with Crippen LogP contribution in [0.3, 0.4) is 0 Å². The Kier molecular flexibility index (Phi) is 38.0. The molecule has 0 aromatic heterocycles. The van der Waals surface area contributed by atoms with E-state index in [9.17, 15) is 48.1 Å². The lowest BCUT2D eigenvalue weighted by Crippen LogP contribution is -2.65. The second-order valence-corrected chi connectivity index (χ2v) is 20.3. The van der Waals surface area contributed by atoms with E-state index in [1.165, 1.54) is 96.3 Å². The second kappa shape index (κ2) is 40.6. The van der Waals surface area contributed by atoms with Crippen molar-refractivity contribution in [3.05, 3.63) is 0 Å². The number of nitrogens with one attached hydrogen (secondary N) is 1. The van der Waals surface area contributed by atoms with Gasteiger partial charge >= 0.3 is 25.7 Å². The van der Waals surface area contributed by atoms with Crippen LogP contribution in [0, 0.1) is 0 Å². The lowest BCUT2D eigenvalue weighted by Gasteiger charge is -2.45. The summed E-state index contributed by atoms with van der Waals surface area (Å²) in [6.07, 6.45) is 22.3. The van der Waals surface area contributed by atoms with E-state index in [4.69, 9.17) is 18.7 Å². The Hall–Kier alpha value is -2.16. The highest BCUT2D eigenvalue weighted by Crippen LogP contribution is 2.43. The van der Waals surface area contributed by atoms with Crippen LogP contribution < -0.4 is 5.32 Å². The van der Waals surface area contributed by atoms with E-state index in [0.29, 0.717) is 32.1 Å². The quantitative estimate of drug-likeness (QED) is 0.0218. The monoisotopic (exact) mass is 980 g/mol. The number of phosphoric ester groups is 1. The lowest BCUT2D eigenvalue weighted by molar-refractivity contribution is -0.206. The molecule has 14 nitrogen and oxygen atoms in total. The number of carbonyl (C=O) groups is 4. The van der Waals surface area contributed by atoms with Gasteiger partial charge in [0.25, 0.3) is 0 Å². The molecule has 0 radical (unpaired) electrons. The Morgan fingerprint density at radius 1 is 0.597 bits per heavy atom. The van der Waals surface area contributed by atoms with Gasteiger partial charge in [0.2, 0.25) is 5.91 Å². The van der Waals surface area contributed by atoms with Crippen LogP contribution in [-0.2, 0) is 42.5 Å². The topological polar surface area (TPSA) is 215 Å². The molecule has 16 heteroatoms. The van der Waals surface area contributed by atoms with Gasteiger partial charge < -0.3 is 39.5 Å². The molecule has 7 atom stereocenters. The highest BCUT2D eigenvalue weighted by atomic mass is 31.2. The zero-order valence-corrected chi connectivity index (χ0v) is 42.9. The van der Waals surface area contributed by atoms with Crippen LogP contribution >= 0.6 is 7.82 Å². The van der Waals surface area contributed by atoms with Crippen molar-refractivity contribution in [1.29, 1.82) is 0 Å². The summed E-state index contributed by atoms with van der Waals surface area (Å²) in [6, 6.07) is -1.45. The Balaban J connectivity index is 3.13. The van der Waals surface area contributed by atoms with Gasteiger partial charge in [-0.25, -0.2) is 8.96 Å². The molecule has 394 valence electrons. The van der Waals surface area contributed by atoms with Crippen LogP contribution in [0.25, 0.3) is 0 Å². The SMILES string of the molecule is CCCCCCCCCCCCCC(=O)O[C@H](CCCCCCCCCCC)CC(=O)O[C@@H]1[C@@H](NC(=O)C[C@H](O)CCCCCCCCCCC)[C@@H](CCC(=O)O)O[C@H](CF)[C@H]1OP(=O)(O)O. The van der Waals surface area contributed by atoms with Gasteiger partial charge in [-0.05, 0) is 32.1 Å². The molecule has 0 aromatic rings. The number of rotatable bonds is 45. The van der Waals surface area contributed by atoms with Crippen molar-refractivity contribution >= 4 is 31.6 Å². The van der Waals surface area contributed by atoms with Crippen LogP contribution in [0.2, 0.25) is 0 Å². The minimum atomic E-state index is -5.39. The van der Waals surface area contributed by atoms with Gasteiger partial charge in [0.1, 0.15) is 25.0 Å². The van der Waals surface area contributed by atoms with Crippen LogP contribution in [0.4, 0.5) is 4.39 Å². The zero-order valence-electron chi connectivity index (χ0n) is 42.0. The Morgan fingerprint density at radius 2 is 1.04 bits per heavy atom. The van der Waals surface area contributed by atoms with Gasteiger partial charge in [-0.2, -0.15) is 0 Å². The first-order valence-corrected chi connectivity index (χ1v) is 28.3. The number of carboxylic acids is 1. The fraction of sp³-hybridized carbons (Fsp3) is 0.922. The van der Waals surface area contributed by atoms with Gasteiger partial charge in [-0.15, -0.1) is 0 Å². The summed E-state index contributed by atoms with van der Waals surface area (Å²) in [5.74, 6) is -3.34. The summed E-state index contributed by atoms with van der Waals surface area (Å²) in [7, 11) is -5.39. The summed E-state index contributed by atoms with van der Waals surface area (Å²) in [6.45, 7) is 5.22. The molecule has 1 aliphatic heterocycles. The molecular formula is C51H95FNO13P. The molecule has 1 rings (SSSR count). The number of carboxylic acid groups (broad SMARTS) is 1. The normalized spacial score (nSPS) is 19.5. The van der Waals surface area contributed by atoms with Crippen LogP contribution in [-0.4, -0.2) is 93.2 Å². The fourth-order valence-corrected chi connectivity index (χ4v) is 9.53. The molecule has 1 aliphatic rings. The summed E-state index contributed by atoms with van der Waals surface area (Å²) >= 11 is 0. The number of aliphatic carboxylic acids is 1. The fourth-order valence-electron chi connectivity index (χ4n) is 8.95. The first-order chi connectivity index (χ1) is 32.2. The molecular weight excluding hydrogens is 885 g/mol. The molecule has 5 N–H and O–H groups in total. The number of unbranched alkanes of at least 4 members (excludes halogenated alkanes) is 26. The number of alkyl halides is 1. The van der Waals surface area contributed by atoms with E-state index in [1.54, 1.807) is 0 Å². The number of hydrogen-bond donors (Lipinski definition) is 5. The third-order valence-corrected chi connectivity index (χ3v) is 13.3. The van der Waals surface area contributed by atoms with Crippen molar-refractivity contribution in [3.8, 4) is 0 Å². The van der Waals surface area contributed by atoms with Crippen LogP contribution in [0.1, 0.15) is 252 Å². The standard InChI is InChI=1S/C51H95FNO13P/c1-4-7-10-13-16-19-20-23-26-29-32-35-47(58)63-42(34-31-28-25-22-18-15-12-9-6-3)39-48(59)65-51-49(43(36-37-46(56)57)64-44(40-52)50(51)66-67(60,61)62)53-45(55)38-41(54)33-30-27-24-21-17-14-11-8-5-2/h41-44,49-51,54H,4-40H2,1-3H3,(H,53,55)(H,56,57)(H2,60,61,62)/t41-,42-,43-,44-,49+,50-,51-/m1/s1. The molecule has 0 bridgehead atoms. The summed E-state index contributed by atoms with van der Waals surface area (Å²) in [5, 5.41) is 23.0. The molecule has 1 heterocycles. The second-order valence-electron chi connectivity index (χ2n) is 19.1. The number of ether oxygens (including phenoxy) is 3. The number of aliphatic hydroxyl groups excluding tert-OH is 1. The van der Waals surface area contributed by atoms with Crippen molar-refractivity contribution in [2.45, 2.75) is 295 Å². The maximum absolute atomic E-state index is 14.6. The molecule has 1 amide bonds. The minimum absolute atomic E-state index is 0.182. The van der Waals surface area contributed by atoms with Crippen LogP contribution in [0.5, 0.6) is 0 Å². The number of phosphoric acid groups is 1. The smallest absolute Gasteiger partial charge is 0.470 e. The maximum Gasteiger partial charge on any atom is 0.470 e. The third-order valence-electron chi connectivity index (χ3n) is 12.8. The van der Waals surface area contributed by atoms with E-state index >= 15 is 0 Å². The Bertz CT molecular complexity index is 1320. The van der Waals surface area contributed by atoms with Crippen molar-refractivity contribution in [2.24, 2.45) is 0 Å². The van der Waals surface area contributed by atoms with Gasteiger partial charge in [0.15, 0.2) is 6.10 Å². The first-order valence-electron chi connectivity index (χ1n) is 26.8. The van der Waals surface area contributed by atoms with E-state index < -0.39 is 93.8 Å². The molecule has 0 aromatic carbocycles. The molecule has 0 saturated carbocycles. The molecule has 0 unspecified atom stereocenters. The number of esters is 2. The number of amides is 1. The van der Waals surface area contributed by atoms with Gasteiger partial charge in [0, 0.05) is 12.8 Å². The Morgan fingerprint density at radius 3 is 1.49 bits per heavy atom. The molecule has 1 saturated heterocycles. The average Bonchev–Trinajstić information content (AvgIpc) is 3.27. The van der Waals surface area contributed by atoms with Crippen LogP contribution in [0.15, 0.2) is 0 Å². The molecule has 0 spiro atoms. The van der Waals surface area contributed by atoms with Gasteiger partial charge in [-0.1, -0.05) is 194 Å². The number of carbonyl (C=O) groups excluding carboxylic acids is 3. The van der Waals surface area contributed by atoms with Crippen molar-refractivity contribution in [1.82, 2.24) is 5.32 Å². The predicted molar refractivity (Wildman–Crippen MR) is 260 cm³/mol. The first kappa shape index (κ1) is 62.9. The lowest BCUT2D eigenvalue weighted by atomic mass is 9.90. The number of aliphatic hydroxyl groups is 1.